The minimum absolute atomic E-state index is 0.819. The van der Waals surface area contributed by atoms with E-state index in [1.54, 1.807) is 0 Å². The zero-order valence-corrected chi connectivity index (χ0v) is 7.35. The van der Waals surface area contributed by atoms with Crippen LogP contribution in [0.3, 0.4) is 0 Å². The minimum Gasteiger partial charge on any atom is -0.504 e. The SMILES string of the molecule is [2H]c1c([2H])c([C@H](O)[C@]([2H])(N)C(=O)O)c([2H])c(O)c1O. The van der Waals surface area contributed by atoms with E-state index in [-0.39, 0.29) is 0 Å². The first-order chi connectivity index (χ1) is 8.53. The summed E-state index contributed by atoms with van der Waals surface area (Å²) in [5.74, 6) is -4.07. The van der Waals surface area contributed by atoms with Gasteiger partial charge < -0.3 is 26.2 Å². The van der Waals surface area contributed by atoms with Gasteiger partial charge >= 0.3 is 5.97 Å². The van der Waals surface area contributed by atoms with E-state index in [9.17, 15) is 20.1 Å². The Labute approximate surface area is 90.8 Å². The molecule has 0 aromatic heterocycles. The molecule has 0 aliphatic heterocycles. The standard InChI is InChI=1S/C9H11NO5/c10-7(9(14)15)8(13)4-1-2-5(11)6(12)3-4/h1-3,7-8,11-13H,10H2,(H,14,15)/t7-,8-/m0/s1/i1D,2D,3D,7D. The maximum absolute atomic E-state index is 10.7. The van der Waals surface area contributed by atoms with Gasteiger partial charge in [-0.1, -0.05) is 6.04 Å². The lowest BCUT2D eigenvalue weighted by atomic mass is 10.0. The smallest absolute Gasteiger partial charge is 0.323 e. The van der Waals surface area contributed by atoms with Crippen molar-refractivity contribution < 1.29 is 30.7 Å². The average Bonchev–Trinajstić information content (AvgIpc) is 2.33. The molecule has 1 aromatic carbocycles. The molecule has 0 amide bonds. The van der Waals surface area contributed by atoms with Crippen LogP contribution in [-0.2, 0) is 4.79 Å². The molecule has 2 atom stereocenters. The van der Waals surface area contributed by atoms with Crippen molar-refractivity contribution in [1.82, 2.24) is 0 Å². The Bertz CT molecular complexity index is 519. The summed E-state index contributed by atoms with van der Waals surface area (Å²) in [7, 11) is 0. The highest BCUT2D eigenvalue weighted by molar-refractivity contribution is 5.74. The zero-order valence-electron chi connectivity index (χ0n) is 11.4. The number of carbonyl (C=O) groups is 1. The predicted molar refractivity (Wildman–Crippen MR) is 50.3 cm³/mol. The molecular weight excluding hydrogens is 202 g/mol. The molecule has 0 radical (unpaired) electrons. The summed E-state index contributed by atoms with van der Waals surface area (Å²) < 4.78 is 29.4. The van der Waals surface area contributed by atoms with Crippen LogP contribution in [0.4, 0.5) is 0 Å². The fourth-order valence-corrected chi connectivity index (χ4v) is 0.813. The Balaban J connectivity index is 3.57. The second kappa shape index (κ2) is 4.16. The maximum Gasteiger partial charge on any atom is 0.323 e. The molecule has 0 aliphatic carbocycles. The Morgan fingerprint density at radius 1 is 1.47 bits per heavy atom. The summed E-state index contributed by atoms with van der Waals surface area (Å²) in [6, 6.07) is -5.74. The molecular formula is C9H11NO5. The second-order valence-corrected chi connectivity index (χ2v) is 2.65. The molecule has 1 rings (SSSR count). The number of benzene rings is 1. The van der Waals surface area contributed by atoms with Crippen LogP contribution < -0.4 is 5.73 Å². The molecule has 0 fully saturated rings. The van der Waals surface area contributed by atoms with Crippen LogP contribution in [0.1, 0.15) is 17.2 Å². The van der Waals surface area contributed by atoms with Gasteiger partial charge in [0.05, 0.1) is 5.48 Å². The maximum atomic E-state index is 10.7. The van der Waals surface area contributed by atoms with Crippen molar-refractivity contribution in [3.8, 4) is 11.5 Å². The molecule has 6 N–H and O–H groups in total. The number of carboxylic acids is 1. The first-order valence-corrected chi connectivity index (χ1v) is 3.75. The Kier molecular flexibility index (Phi) is 1.84. The third-order valence-corrected chi connectivity index (χ3v) is 1.61. The van der Waals surface area contributed by atoms with Gasteiger partial charge in [-0.2, -0.15) is 0 Å². The number of phenolic OH excluding ortho intramolecular Hbond substituents is 2. The van der Waals surface area contributed by atoms with Crippen LogP contribution in [0.5, 0.6) is 11.5 Å². The quantitative estimate of drug-likeness (QED) is 0.436. The second-order valence-electron chi connectivity index (χ2n) is 2.65. The highest BCUT2D eigenvalue weighted by Gasteiger charge is 2.24. The van der Waals surface area contributed by atoms with Gasteiger partial charge in [-0.3, -0.25) is 4.79 Å². The summed E-state index contributed by atoms with van der Waals surface area (Å²) >= 11 is 0. The zero-order chi connectivity index (χ0) is 15.1. The lowest BCUT2D eigenvalue weighted by Gasteiger charge is -2.15. The van der Waals surface area contributed by atoms with Gasteiger partial charge in [-0.15, -0.1) is 0 Å². The van der Waals surface area contributed by atoms with Crippen LogP contribution in [0.2, 0.25) is 0 Å². The summed E-state index contributed by atoms with van der Waals surface area (Å²) in [6.45, 7) is 0. The molecule has 6 heteroatoms. The van der Waals surface area contributed by atoms with Crippen molar-refractivity contribution >= 4 is 5.97 Å². The number of hydrogen-bond donors (Lipinski definition) is 5. The Morgan fingerprint density at radius 2 is 2.07 bits per heavy atom. The van der Waals surface area contributed by atoms with Crippen LogP contribution in [0.15, 0.2) is 18.1 Å². The van der Waals surface area contributed by atoms with Crippen molar-refractivity contribution in [1.29, 1.82) is 0 Å². The first-order valence-electron chi connectivity index (χ1n) is 5.75. The van der Waals surface area contributed by atoms with E-state index in [0.717, 1.165) is 0 Å². The van der Waals surface area contributed by atoms with Gasteiger partial charge in [0.15, 0.2) is 11.5 Å². The number of aliphatic carboxylic acids is 1. The Hall–Kier alpha value is -1.79. The van der Waals surface area contributed by atoms with Gasteiger partial charge in [0, 0.05) is 0 Å². The van der Waals surface area contributed by atoms with Gasteiger partial charge in [-0.25, -0.2) is 0 Å². The number of aromatic hydroxyl groups is 2. The average molecular weight is 217 g/mol. The van der Waals surface area contributed by atoms with E-state index in [4.69, 9.17) is 16.3 Å². The molecule has 82 valence electrons. The highest BCUT2D eigenvalue weighted by atomic mass is 16.4. The number of nitrogens with two attached hydrogens (primary N) is 1. The van der Waals surface area contributed by atoms with E-state index in [2.05, 4.69) is 0 Å². The molecule has 0 saturated heterocycles. The lowest BCUT2D eigenvalue weighted by Crippen LogP contribution is -2.36. The fourth-order valence-electron chi connectivity index (χ4n) is 0.813. The first kappa shape index (κ1) is 6.65. The molecule has 1 aromatic rings. The third kappa shape index (κ3) is 2.36. The van der Waals surface area contributed by atoms with E-state index in [1.165, 1.54) is 0 Å². The van der Waals surface area contributed by atoms with Crippen molar-refractivity contribution in [2.24, 2.45) is 5.73 Å². The molecule has 0 aliphatic rings. The number of aliphatic hydroxyl groups is 1. The number of aliphatic hydroxyl groups excluding tert-OH is 1. The topological polar surface area (TPSA) is 124 Å². The molecule has 0 bridgehead atoms. The largest absolute Gasteiger partial charge is 0.504 e. The number of carboxylic acid groups (broad SMARTS) is 1. The fraction of sp³-hybridized carbons (Fsp3) is 0.222. The molecule has 6 nitrogen and oxygen atoms in total. The molecule has 0 saturated carbocycles. The summed E-state index contributed by atoms with van der Waals surface area (Å²) in [5.41, 5.74) is 4.24. The van der Waals surface area contributed by atoms with E-state index in [0.29, 0.717) is 0 Å². The van der Waals surface area contributed by atoms with Crippen molar-refractivity contribution in [2.75, 3.05) is 0 Å². The highest BCUT2D eigenvalue weighted by Crippen LogP contribution is 2.28. The van der Waals surface area contributed by atoms with Crippen LogP contribution in [0, 0.1) is 0 Å². The molecule has 0 spiro atoms. The predicted octanol–water partition coefficient (Wildman–Crippen LogP) is -0.457. The normalized spacial score (nSPS) is 20.4. The van der Waals surface area contributed by atoms with Crippen LogP contribution in [0.25, 0.3) is 0 Å². The van der Waals surface area contributed by atoms with Crippen molar-refractivity contribution in [2.45, 2.75) is 12.1 Å². The monoisotopic (exact) mass is 217 g/mol. The van der Waals surface area contributed by atoms with Gasteiger partial charge in [0.25, 0.3) is 0 Å². The van der Waals surface area contributed by atoms with Gasteiger partial charge in [-0.05, 0) is 17.6 Å². The summed E-state index contributed by atoms with van der Waals surface area (Å²) in [5, 5.41) is 37.0. The number of phenols is 2. The van der Waals surface area contributed by atoms with Crippen molar-refractivity contribution in [3.05, 3.63) is 23.7 Å². The van der Waals surface area contributed by atoms with Gasteiger partial charge in [0.2, 0.25) is 0 Å². The molecule has 15 heavy (non-hydrogen) atoms. The number of hydrogen-bond acceptors (Lipinski definition) is 5. The van der Waals surface area contributed by atoms with E-state index in [1.807, 2.05) is 0 Å². The Morgan fingerprint density at radius 3 is 2.60 bits per heavy atom. The van der Waals surface area contributed by atoms with E-state index < -0.39 is 53.3 Å². The van der Waals surface area contributed by atoms with Crippen LogP contribution in [-0.4, -0.2) is 32.4 Å². The van der Waals surface area contributed by atoms with Crippen molar-refractivity contribution in [3.63, 3.8) is 0 Å². The van der Waals surface area contributed by atoms with Gasteiger partial charge in [0.1, 0.15) is 12.1 Å². The van der Waals surface area contributed by atoms with E-state index >= 15 is 0 Å². The van der Waals surface area contributed by atoms with Crippen LogP contribution >= 0.6 is 0 Å². The third-order valence-electron chi connectivity index (χ3n) is 1.61. The minimum atomic E-state index is -2.97. The summed E-state index contributed by atoms with van der Waals surface area (Å²) in [4.78, 5) is 10.7. The summed E-state index contributed by atoms with van der Waals surface area (Å²) in [6.07, 6.45) is -2.33. The molecule has 0 heterocycles. The lowest BCUT2D eigenvalue weighted by molar-refractivity contribution is -0.141. The molecule has 0 unspecified atom stereocenters. The number of rotatable bonds is 3.